The molecule has 0 radical (unpaired) electrons. The van der Waals surface area contributed by atoms with Crippen molar-refractivity contribution < 1.29 is 9.47 Å². The number of methoxy groups -OCH3 is 1. The van der Waals surface area contributed by atoms with Crippen molar-refractivity contribution in [2.75, 3.05) is 25.2 Å². The van der Waals surface area contributed by atoms with Crippen LogP contribution in [-0.2, 0) is 0 Å². The van der Waals surface area contributed by atoms with Crippen molar-refractivity contribution in [2.45, 2.75) is 38.2 Å². The first-order valence-electron chi connectivity index (χ1n) is 7.37. The molecule has 1 aromatic rings. The van der Waals surface area contributed by atoms with E-state index in [2.05, 4.69) is 19.1 Å². The highest BCUT2D eigenvalue weighted by Gasteiger charge is 2.18. The van der Waals surface area contributed by atoms with Crippen molar-refractivity contribution in [1.82, 2.24) is 0 Å². The summed E-state index contributed by atoms with van der Waals surface area (Å²) in [7, 11) is 1.70. The van der Waals surface area contributed by atoms with Gasteiger partial charge in [0.1, 0.15) is 6.10 Å². The van der Waals surface area contributed by atoms with E-state index in [1.165, 1.54) is 17.1 Å². The van der Waals surface area contributed by atoms with Crippen LogP contribution in [0.1, 0.15) is 37.7 Å². The summed E-state index contributed by atoms with van der Waals surface area (Å²) in [6.07, 6.45) is 3.56. The molecular weight excluding hydrogens is 270 g/mol. The van der Waals surface area contributed by atoms with Crippen LogP contribution in [0.5, 0.6) is 11.5 Å². The third-order valence-corrected chi connectivity index (χ3v) is 4.87. The number of nitrogens with two attached hydrogens (primary N) is 1. The molecule has 3 nitrogen and oxygen atoms in total. The van der Waals surface area contributed by atoms with Crippen LogP contribution < -0.4 is 15.2 Å². The Morgan fingerprint density at radius 1 is 1.30 bits per heavy atom. The van der Waals surface area contributed by atoms with E-state index in [1.807, 2.05) is 17.8 Å². The van der Waals surface area contributed by atoms with Gasteiger partial charge in [0.2, 0.25) is 0 Å². The number of rotatable bonds is 6. The van der Waals surface area contributed by atoms with Crippen LogP contribution in [0.25, 0.3) is 0 Å². The van der Waals surface area contributed by atoms with Gasteiger partial charge in [-0.2, -0.15) is 11.8 Å². The van der Waals surface area contributed by atoms with Gasteiger partial charge in [-0.25, -0.2) is 0 Å². The third-order valence-electron chi connectivity index (χ3n) is 3.82. The quantitative estimate of drug-likeness (QED) is 0.873. The van der Waals surface area contributed by atoms with Gasteiger partial charge in [0.15, 0.2) is 11.5 Å². The van der Waals surface area contributed by atoms with Gasteiger partial charge in [0.05, 0.1) is 7.11 Å². The lowest BCUT2D eigenvalue weighted by molar-refractivity contribution is 0.184. The summed E-state index contributed by atoms with van der Waals surface area (Å²) in [6.45, 7) is 2.92. The maximum Gasteiger partial charge on any atom is 0.161 e. The van der Waals surface area contributed by atoms with Gasteiger partial charge in [-0.15, -0.1) is 0 Å². The topological polar surface area (TPSA) is 44.5 Å². The molecule has 1 aliphatic heterocycles. The van der Waals surface area contributed by atoms with E-state index >= 15 is 0 Å². The molecule has 112 valence electrons. The van der Waals surface area contributed by atoms with Crippen LogP contribution in [0, 0.1) is 0 Å². The van der Waals surface area contributed by atoms with E-state index < -0.39 is 0 Å². The van der Waals surface area contributed by atoms with Crippen molar-refractivity contribution in [3.8, 4) is 11.5 Å². The minimum atomic E-state index is 0.324. The molecule has 2 N–H and O–H groups in total. The SMILES string of the molecule is COc1ccc(C(C)CCN)cc1OC1CCSCC1. The normalized spacial score (nSPS) is 17.8. The Kier molecular flexibility index (Phi) is 6.05. The Morgan fingerprint density at radius 2 is 2.05 bits per heavy atom. The molecule has 1 saturated heterocycles. The summed E-state index contributed by atoms with van der Waals surface area (Å²) in [4.78, 5) is 0. The number of benzene rings is 1. The molecule has 4 heteroatoms. The summed E-state index contributed by atoms with van der Waals surface area (Å²) in [5.74, 6) is 4.54. The van der Waals surface area contributed by atoms with Crippen molar-refractivity contribution in [3.63, 3.8) is 0 Å². The van der Waals surface area contributed by atoms with E-state index in [-0.39, 0.29) is 0 Å². The molecule has 0 spiro atoms. The number of thioether (sulfide) groups is 1. The number of hydrogen-bond acceptors (Lipinski definition) is 4. The van der Waals surface area contributed by atoms with E-state index in [4.69, 9.17) is 15.2 Å². The predicted octanol–water partition coefficient (Wildman–Crippen LogP) is 3.42. The number of hydrogen-bond donors (Lipinski definition) is 1. The molecule has 1 atom stereocenters. The van der Waals surface area contributed by atoms with Crippen molar-refractivity contribution >= 4 is 11.8 Å². The van der Waals surface area contributed by atoms with E-state index in [0.717, 1.165) is 30.8 Å². The highest BCUT2D eigenvalue weighted by Crippen LogP contribution is 2.34. The Labute approximate surface area is 126 Å². The van der Waals surface area contributed by atoms with Gasteiger partial charge >= 0.3 is 0 Å². The van der Waals surface area contributed by atoms with Gasteiger partial charge in [-0.3, -0.25) is 0 Å². The average Bonchev–Trinajstić information content (AvgIpc) is 2.48. The van der Waals surface area contributed by atoms with Crippen molar-refractivity contribution in [3.05, 3.63) is 23.8 Å². The molecular formula is C16H25NO2S. The second-order valence-electron chi connectivity index (χ2n) is 5.32. The van der Waals surface area contributed by atoms with Gasteiger partial charge < -0.3 is 15.2 Å². The maximum atomic E-state index is 6.18. The standard InChI is InChI=1S/C16H25NO2S/c1-12(5-8-17)13-3-4-15(18-2)16(11-13)19-14-6-9-20-10-7-14/h3-4,11-12,14H,5-10,17H2,1-2H3. The molecule has 0 aromatic heterocycles. The molecule has 1 heterocycles. The second-order valence-corrected chi connectivity index (χ2v) is 6.54. The van der Waals surface area contributed by atoms with Gasteiger partial charge in [-0.05, 0) is 60.9 Å². The highest BCUT2D eigenvalue weighted by molar-refractivity contribution is 7.99. The summed E-state index contributed by atoms with van der Waals surface area (Å²) in [6, 6.07) is 6.25. The molecule has 0 aliphatic carbocycles. The molecule has 0 amide bonds. The zero-order valence-electron chi connectivity index (χ0n) is 12.4. The lowest BCUT2D eigenvalue weighted by Crippen LogP contribution is -2.22. The van der Waals surface area contributed by atoms with Crippen LogP contribution in [-0.4, -0.2) is 31.3 Å². The zero-order valence-corrected chi connectivity index (χ0v) is 13.2. The van der Waals surface area contributed by atoms with Crippen LogP contribution in [0.3, 0.4) is 0 Å². The monoisotopic (exact) mass is 295 g/mol. The fraction of sp³-hybridized carbons (Fsp3) is 0.625. The van der Waals surface area contributed by atoms with E-state index in [0.29, 0.717) is 18.6 Å². The first kappa shape index (κ1) is 15.5. The van der Waals surface area contributed by atoms with Crippen LogP contribution in [0.2, 0.25) is 0 Å². The minimum Gasteiger partial charge on any atom is -0.493 e. The average molecular weight is 295 g/mol. The largest absolute Gasteiger partial charge is 0.493 e. The summed E-state index contributed by atoms with van der Waals surface area (Å²) in [5, 5.41) is 0. The Hall–Kier alpha value is -0.870. The van der Waals surface area contributed by atoms with Crippen molar-refractivity contribution in [2.24, 2.45) is 5.73 Å². The molecule has 1 fully saturated rings. The second kappa shape index (κ2) is 7.79. The van der Waals surface area contributed by atoms with Gasteiger partial charge in [-0.1, -0.05) is 13.0 Å². The fourth-order valence-corrected chi connectivity index (χ4v) is 3.55. The molecule has 0 saturated carbocycles. The molecule has 1 aliphatic rings. The highest BCUT2D eigenvalue weighted by atomic mass is 32.2. The van der Waals surface area contributed by atoms with Crippen molar-refractivity contribution in [1.29, 1.82) is 0 Å². The maximum absolute atomic E-state index is 6.18. The van der Waals surface area contributed by atoms with E-state index in [1.54, 1.807) is 7.11 Å². The van der Waals surface area contributed by atoms with Crippen LogP contribution in [0.4, 0.5) is 0 Å². The fourth-order valence-electron chi connectivity index (χ4n) is 2.48. The third kappa shape index (κ3) is 4.06. The van der Waals surface area contributed by atoms with E-state index in [9.17, 15) is 0 Å². The summed E-state index contributed by atoms with van der Waals surface area (Å²) >= 11 is 2.01. The Balaban J connectivity index is 2.13. The lowest BCUT2D eigenvalue weighted by Gasteiger charge is -2.24. The number of ether oxygens (including phenoxy) is 2. The summed E-state index contributed by atoms with van der Waals surface area (Å²) < 4.78 is 11.6. The first-order chi connectivity index (χ1) is 9.74. The molecule has 1 aromatic carbocycles. The zero-order chi connectivity index (χ0) is 14.4. The lowest BCUT2D eigenvalue weighted by atomic mass is 9.97. The van der Waals surface area contributed by atoms with Gasteiger partial charge in [0.25, 0.3) is 0 Å². The summed E-state index contributed by atoms with van der Waals surface area (Å²) in [5.41, 5.74) is 6.93. The smallest absolute Gasteiger partial charge is 0.161 e. The Morgan fingerprint density at radius 3 is 2.70 bits per heavy atom. The van der Waals surface area contributed by atoms with Crippen LogP contribution in [0.15, 0.2) is 18.2 Å². The molecule has 1 unspecified atom stereocenters. The predicted molar refractivity (Wildman–Crippen MR) is 86.1 cm³/mol. The minimum absolute atomic E-state index is 0.324. The Bertz CT molecular complexity index is 419. The van der Waals surface area contributed by atoms with Gasteiger partial charge in [0, 0.05) is 0 Å². The first-order valence-corrected chi connectivity index (χ1v) is 8.52. The molecule has 2 rings (SSSR count). The molecule has 20 heavy (non-hydrogen) atoms. The van der Waals surface area contributed by atoms with Crippen LogP contribution >= 0.6 is 11.8 Å². The molecule has 0 bridgehead atoms.